The van der Waals surface area contributed by atoms with Crippen LogP contribution >= 0.6 is 0 Å². The molecule has 0 aliphatic heterocycles. The van der Waals surface area contributed by atoms with Crippen LogP contribution in [0.2, 0.25) is 0 Å². The number of para-hydroxylation sites is 1. The van der Waals surface area contributed by atoms with Gasteiger partial charge in [-0.25, -0.2) is 0 Å². The summed E-state index contributed by atoms with van der Waals surface area (Å²) in [4.78, 5) is 11.4. The van der Waals surface area contributed by atoms with E-state index in [0.29, 0.717) is 6.29 Å². The van der Waals surface area contributed by atoms with Crippen molar-refractivity contribution >= 4 is 6.29 Å². The summed E-state index contributed by atoms with van der Waals surface area (Å²) in [5, 5.41) is 0. The molecule has 0 atom stereocenters. The van der Waals surface area contributed by atoms with Crippen molar-refractivity contribution in [1.29, 1.82) is 0 Å². The summed E-state index contributed by atoms with van der Waals surface area (Å²) >= 11 is 0. The second-order valence-electron chi connectivity index (χ2n) is 6.04. The molecule has 0 heterocycles. The highest BCUT2D eigenvalue weighted by atomic mass is 19.4. The molecule has 0 fully saturated rings. The fourth-order valence-corrected chi connectivity index (χ4v) is 2.82. The fourth-order valence-electron chi connectivity index (χ4n) is 2.82. The van der Waals surface area contributed by atoms with E-state index in [1.807, 2.05) is 30.3 Å². The first kappa shape index (κ1) is 20.3. The molecule has 29 heavy (non-hydrogen) atoms. The Bertz CT molecular complexity index is 985. The van der Waals surface area contributed by atoms with E-state index in [9.17, 15) is 18.0 Å². The summed E-state index contributed by atoms with van der Waals surface area (Å²) < 4.78 is 54.0. The van der Waals surface area contributed by atoms with Crippen molar-refractivity contribution in [1.82, 2.24) is 0 Å². The first-order valence-corrected chi connectivity index (χ1v) is 8.60. The predicted molar refractivity (Wildman–Crippen MR) is 101 cm³/mol. The molecule has 3 aromatic carbocycles. The molecule has 150 valence electrons. The second-order valence-corrected chi connectivity index (χ2v) is 6.04. The Labute approximate surface area is 165 Å². The smallest absolute Gasteiger partial charge is 0.493 e. The average Bonchev–Trinajstić information content (AvgIpc) is 2.71. The Morgan fingerprint density at radius 2 is 1.59 bits per heavy atom. The summed E-state index contributed by atoms with van der Waals surface area (Å²) in [6.45, 7) is 0.160. The summed E-state index contributed by atoms with van der Waals surface area (Å²) in [5.74, 6) is 0.0252. The number of carbonyl (C=O) groups is 1. The summed E-state index contributed by atoms with van der Waals surface area (Å²) in [6, 6.07) is 17.8. The number of methoxy groups -OCH3 is 1. The maximum Gasteiger partial charge on any atom is 0.573 e. The molecular weight excluding hydrogens is 385 g/mol. The van der Waals surface area contributed by atoms with Crippen molar-refractivity contribution in [2.24, 2.45) is 0 Å². The van der Waals surface area contributed by atoms with E-state index in [-0.39, 0.29) is 34.8 Å². The fraction of sp³-hybridized carbons (Fsp3) is 0.136. The largest absolute Gasteiger partial charge is 0.573 e. The quantitative estimate of drug-likeness (QED) is 0.479. The summed E-state index contributed by atoms with van der Waals surface area (Å²) in [5.41, 5.74) is 1.46. The minimum Gasteiger partial charge on any atom is -0.493 e. The van der Waals surface area contributed by atoms with Gasteiger partial charge in [0.2, 0.25) is 0 Å². The lowest BCUT2D eigenvalue weighted by molar-refractivity contribution is -0.274. The topological polar surface area (TPSA) is 44.8 Å². The molecule has 0 spiro atoms. The van der Waals surface area contributed by atoms with Gasteiger partial charge in [-0.3, -0.25) is 4.79 Å². The lowest BCUT2D eigenvalue weighted by Crippen LogP contribution is -2.17. The minimum atomic E-state index is -4.87. The van der Waals surface area contributed by atoms with Crippen molar-refractivity contribution in [3.63, 3.8) is 0 Å². The lowest BCUT2D eigenvalue weighted by atomic mass is 10.0. The molecular formula is C22H17F3O4. The zero-order valence-corrected chi connectivity index (χ0v) is 15.4. The van der Waals surface area contributed by atoms with Crippen LogP contribution in [0, 0.1) is 0 Å². The number of hydrogen-bond acceptors (Lipinski definition) is 4. The van der Waals surface area contributed by atoms with Crippen LogP contribution < -0.4 is 14.2 Å². The maximum atomic E-state index is 12.9. The molecule has 0 bridgehead atoms. The van der Waals surface area contributed by atoms with Crippen molar-refractivity contribution in [2.45, 2.75) is 13.0 Å². The van der Waals surface area contributed by atoms with E-state index in [4.69, 9.17) is 9.47 Å². The van der Waals surface area contributed by atoms with Gasteiger partial charge < -0.3 is 14.2 Å². The Morgan fingerprint density at radius 3 is 2.24 bits per heavy atom. The van der Waals surface area contributed by atoms with Gasteiger partial charge in [0.15, 0.2) is 11.5 Å². The normalized spacial score (nSPS) is 11.0. The van der Waals surface area contributed by atoms with E-state index < -0.39 is 12.1 Å². The van der Waals surface area contributed by atoms with Crippen LogP contribution in [0.15, 0.2) is 66.7 Å². The van der Waals surface area contributed by atoms with Crippen molar-refractivity contribution in [3.05, 3.63) is 77.9 Å². The molecule has 0 radical (unpaired) electrons. The Kier molecular flexibility index (Phi) is 6.07. The lowest BCUT2D eigenvalue weighted by Gasteiger charge is -2.19. The minimum absolute atomic E-state index is 0.120. The standard InChI is InChI=1S/C22H17F3O4/c1-27-20-12-16(13-26)11-18(21(20)28-14-15-7-3-2-4-8-15)17-9-5-6-10-19(17)29-22(23,24)25/h2-13H,14H2,1H3. The summed E-state index contributed by atoms with van der Waals surface area (Å²) in [7, 11) is 1.39. The predicted octanol–water partition coefficient (Wildman–Crippen LogP) is 5.65. The van der Waals surface area contributed by atoms with Gasteiger partial charge in [-0.1, -0.05) is 48.5 Å². The van der Waals surface area contributed by atoms with E-state index >= 15 is 0 Å². The molecule has 4 nitrogen and oxygen atoms in total. The zero-order chi connectivity index (χ0) is 20.9. The van der Waals surface area contributed by atoms with Gasteiger partial charge in [0.25, 0.3) is 0 Å². The number of benzene rings is 3. The maximum absolute atomic E-state index is 12.9. The zero-order valence-electron chi connectivity index (χ0n) is 15.4. The number of alkyl halides is 3. The molecule has 0 aliphatic rings. The van der Waals surface area contributed by atoms with Gasteiger partial charge in [0.05, 0.1) is 7.11 Å². The Hall–Kier alpha value is -3.48. The van der Waals surface area contributed by atoms with Gasteiger partial charge in [-0.15, -0.1) is 13.2 Å². The highest BCUT2D eigenvalue weighted by Gasteiger charge is 2.32. The van der Waals surface area contributed by atoms with Crippen LogP contribution in [0.3, 0.4) is 0 Å². The van der Waals surface area contributed by atoms with Crippen LogP contribution in [-0.2, 0) is 6.61 Å². The van der Waals surface area contributed by atoms with Gasteiger partial charge >= 0.3 is 6.36 Å². The van der Waals surface area contributed by atoms with Gasteiger partial charge in [-0.05, 0) is 23.8 Å². The average molecular weight is 402 g/mol. The van der Waals surface area contributed by atoms with Crippen molar-refractivity contribution in [2.75, 3.05) is 7.11 Å². The number of ether oxygens (including phenoxy) is 3. The van der Waals surface area contributed by atoms with Gasteiger partial charge in [0, 0.05) is 16.7 Å². The number of carbonyl (C=O) groups excluding carboxylic acids is 1. The molecule has 0 amide bonds. The number of aldehydes is 1. The van der Waals surface area contributed by atoms with Crippen LogP contribution in [0.25, 0.3) is 11.1 Å². The van der Waals surface area contributed by atoms with Crippen LogP contribution in [0.1, 0.15) is 15.9 Å². The monoisotopic (exact) mass is 402 g/mol. The Balaban J connectivity index is 2.11. The van der Waals surface area contributed by atoms with E-state index in [2.05, 4.69) is 4.74 Å². The first-order valence-electron chi connectivity index (χ1n) is 8.60. The van der Waals surface area contributed by atoms with Crippen molar-refractivity contribution < 1.29 is 32.2 Å². The van der Waals surface area contributed by atoms with E-state index in [1.165, 1.54) is 37.4 Å². The molecule has 0 unspecified atom stereocenters. The van der Waals surface area contributed by atoms with Crippen LogP contribution in [0.4, 0.5) is 13.2 Å². The molecule has 0 aromatic heterocycles. The third-order valence-electron chi connectivity index (χ3n) is 4.06. The second kappa shape index (κ2) is 8.68. The van der Waals surface area contributed by atoms with Gasteiger partial charge in [-0.2, -0.15) is 0 Å². The van der Waals surface area contributed by atoms with E-state index in [1.54, 1.807) is 6.07 Å². The summed E-state index contributed by atoms with van der Waals surface area (Å²) in [6.07, 6.45) is -4.28. The van der Waals surface area contributed by atoms with Crippen LogP contribution in [-0.4, -0.2) is 19.8 Å². The third-order valence-corrected chi connectivity index (χ3v) is 4.06. The number of halogens is 3. The molecule has 0 saturated carbocycles. The first-order chi connectivity index (χ1) is 13.9. The molecule has 0 N–H and O–H groups in total. The number of rotatable bonds is 7. The highest BCUT2D eigenvalue weighted by Crippen LogP contribution is 2.44. The SMILES string of the molecule is COc1cc(C=O)cc(-c2ccccc2OC(F)(F)F)c1OCc1ccccc1. The third kappa shape index (κ3) is 5.07. The molecule has 0 aliphatic carbocycles. The molecule has 0 saturated heterocycles. The molecule has 3 aromatic rings. The van der Waals surface area contributed by atoms with Crippen molar-refractivity contribution in [3.8, 4) is 28.4 Å². The molecule has 3 rings (SSSR count). The van der Waals surface area contributed by atoms with E-state index in [0.717, 1.165) is 5.56 Å². The Morgan fingerprint density at radius 1 is 0.897 bits per heavy atom. The van der Waals surface area contributed by atoms with Crippen LogP contribution in [0.5, 0.6) is 17.2 Å². The van der Waals surface area contributed by atoms with Gasteiger partial charge in [0.1, 0.15) is 18.6 Å². The highest BCUT2D eigenvalue weighted by molar-refractivity contribution is 5.86. The molecule has 7 heteroatoms. The number of hydrogen-bond donors (Lipinski definition) is 0.